The smallest absolute Gasteiger partial charge is 0.248 e. The molecule has 7 nitrogen and oxygen atoms in total. The Hall–Kier alpha value is -2.64. The van der Waals surface area contributed by atoms with Gasteiger partial charge in [-0.2, -0.15) is 4.68 Å². The van der Waals surface area contributed by atoms with E-state index in [4.69, 9.17) is 23.2 Å². The van der Waals surface area contributed by atoms with Gasteiger partial charge < -0.3 is 9.72 Å². The van der Waals surface area contributed by atoms with Crippen LogP contribution in [0.4, 0.5) is 5.95 Å². The molecule has 0 saturated carbocycles. The van der Waals surface area contributed by atoms with Gasteiger partial charge in [0, 0.05) is 30.7 Å². The number of hydrogen-bond donors (Lipinski definition) is 1. The van der Waals surface area contributed by atoms with E-state index in [1.165, 1.54) is 4.68 Å². The van der Waals surface area contributed by atoms with Gasteiger partial charge in [-0.05, 0) is 28.6 Å². The number of tetrazole rings is 1. The van der Waals surface area contributed by atoms with E-state index < -0.39 is 0 Å². The van der Waals surface area contributed by atoms with Gasteiger partial charge in [-0.1, -0.05) is 40.4 Å². The van der Waals surface area contributed by atoms with Gasteiger partial charge in [0.05, 0.1) is 15.7 Å². The third-order valence-corrected chi connectivity index (χ3v) is 4.37. The maximum atomic E-state index is 6.25. The van der Waals surface area contributed by atoms with E-state index in [9.17, 15) is 0 Å². The first kappa shape index (κ1) is 14.9. The number of halogens is 2. The lowest BCUT2D eigenvalue weighted by molar-refractivity contribution is 0.789. The minimum Gasteiger partial charge on any atom is -0.349 e. The molecule has 0 radical (unpaired) electrons. The van der Waals surface area contributed by atoms with Crippen LogP contribution >= 0.6 is 23.2 Å². The number of imidazole rings is 1. The second kappa shape index (κ2) is 6.10. The third-order valence-electron chi connectivity index (χ3n) is 3.57. The van der Waals surface area contributed by atoms with Crippen LogP contribution in [0.5, 0.6) is 0 Å². The molecule has 3 aromatic heterocycles. The zero-order chi connectivity index (χ0) is 16.5. The Bertz CT molecular complexity index is 1010. The van der Waals surface area contributed by atoms with E-state index in [1.54, 1.807) is 24.4 Å². The molecule has 120 valence electrons. The first-order valence-corrected chi connectivity index (χ1v) is 7.87. The van der Waals surface area contributed by atoms with E-state index in [1.807, 2.05) is 28.9 Å². The standard InChI is InChI=1S/C15H11Cl2N7/c16-11-4-1-5-12(13(11)17)24-15(20-21-22-24)19-9-10-3-2-7-23-8-6-18-14(10)23/h1-8H,9H2,(H,19,20,22). The molecular formula is C15H11Cl2N7. The topological polar surface area (TPSA) is 72.9 Å². The summed E-state index contributed by atoms with van der Waals surface area (Å²) < 4.78 is 3.47. The molecule has 0 spiro atoms. The van der Waals surface area contributed by atoms with Crippen molar-refractivity contribution in [3.05, 3.63) is 64.5 Å². The molecule has 4 aromatic rings. The van der Waals surface area contributed by atoms with Gasteiger partial charge in [0.25, 0.3) is 0 Å². The lowest BCUT2D eigenvalue weighted by Crippen LogP contribution is -2.08. The van der Waals surface area contributed by atoms with Crippen molar-refractivity contribution >= 4 is 34.8 Å². The Balaban J connectivity index is 1.64. The molecule has 3 heterocycles. The number of aromatic nitrogens is 6. The SMILES string of the molecule is Clc1cccc(-n2nnnc2NCc2cccn3ccnc23)c1Cl. The molecule has 1 aromatic carbocycles. The van der Waals surface area contributed by atoms with Gasteiger partial charge in [0.15, 0.2) is 0 Å². The molecular weight excluding hydrogens is 349 g/mol. The number of benzene rings is 1. The van der Waals surface area contributed by atoms with Crippen LogP contribution in [0, 0.1) is 0 Å². The molecule has 0 amide bonds. The van der Waals surface area contributed by atoms with E-state index >= 15 is 0 Å². The van der Waals surface area contributed by atoms with E-state index in [-0.39, 0.29) is 0 Å². The van der Waals surface area contributed by atoms with Crippen LogP contribution in [0.2, 0.25) is 10.0 Å². The minimum atomic E-state index is 0.393. The average Bonchev–Trinajstić information content (AvgIpc) is 3.24. The molecule has 24 heavy (non-hydrogen) atoms. The number of fused-ring (bicyclic) bond motifs is 1. The molecule has 0 unspecified atom stereocenters. The zero-order valence-electron chi connectivity index (χ0n) is 12.3. The Morgan fingerprint density at radius 2 is 2.00 bits per heavy atom. The number of rotatable bonds is 4. The lowest BCUT2D eigenvalue weighted by atomic mass is 10.2. The van der Waals surface area contributed by atoms with E-state index in [0.717, 1.165) is 11.2 Å². The van der Waals surface area contributed by atoms with Crippen molar-refractivity contribution in [3.63, 3.8) is 0 Å². The summed E-state index contributed by atoms with van der Waals surface area (Å²) in [7, 11) is 0. The monoisotopic (exact) mass is 359 g/mol. The van der Waals surface area contributed by atoms with Crippen LogP contribution in [-0.2, 0) is 6.54 Å². The normalized spacial score (nSPS) is 11.1. The van der Waals surface area contributed by atoms with E-state index in [2.05, 4.69) is 25.8 Å². The number of hydrogen-bond acceptors (Lipinski definition) is 5. The number of anilines is 1. The van der Waals surface area contributed by atoms with Crippen LogP contribution in [0.15, 0.2) is 48.9 Å². The number of nitrogens with one attached hydrogen (secondary N) is 1. The van der Waals surface area contributed by atoms with Crippen molar-refractivity contribution in [2.24, 2.45) is 0 Å². The van der Waals surface area contributed by atoms with Gasteiger partial charge >= 0.3 is 0 Å². The summed E-state index contributed by atoms with van der Waals surface area (Å²) in [5, 5.41) is 15.7. The summed E-state index contributed by atoms with van der Waals surface area (Å²) in [6.07, 6.45) is 5.60. The van der Waals surface area contributed by atoms with Crippen LogP contribution < -0.4 is 5.32 Å². The van der Waals surface area contributed by atoms with Crippen molar-refractivity contribution in [3.8, 4) is 5.69 Å². The molecule has 1 N–H and O–H groups in total. The minimum absolute atomic E-state index is 0.393. The lowest BCUT2D eigenvalue weighted by Gasteiger charge is -2.09. The fourth-order valence-electron chi connectivity index (χ4n) is 2.44. The zero-order valence-corrected chi connectivity index (χ0v) is 13.8. The van der Waals surface area contributed by atoms with Gasteiger partial charge in [-0.15, -0.1) is 0 Å². The van der Waals surface area contributed by atoms with Crippen LogP contribution in [0.25, 0.3) is 11.3 Å². The van der Waals surface area contributed by atoms with Crippen molar-refractivity contribution in [1.29, 1.82) is 0 Å². The van der Waals surface area contributed by atoms with Crippen molar-refractivity contribution in [2.75, 3.05) is 5.32 Å². The maximum Gasteiger partial charge on any atom is 0.248 e. The average molecular weight is 360 g/mol. The molecule has 9 heteroatoms. The highest BCUT2D eigenvalue weighted by Gasteiger charge is 2.13. The molecule has 0 bridgehead atoms. The maximum absolute atomic E-state index is 6.25. The first-order chi connectivity index (χ1) is 11.7. The summed E-state index contributed by atoms with van der Waals surface area (Å²) in [5.74, 6) is 0.465. The second-order valence-corrected chi connectivity index (χ2v) is 5.82. The fraction of sp³-hybridized carbons (Fsp3) is 0.0667. The highest BCUT2D eigenvalue weighted by molar-refractivity contribution is 6.43. The predicted octanol–water partition coefficient (Wildman–Crippen LogP) is 3.23. The van der Waals surface area contributed by atoms with Gasteiger partial charge in [0.1, 0.15) is 5.65 Å². The summed E-state index contributed by atoms with van der Waals surface area (Å²) in [6.45, 7) is 0.514. The van der Waals surface area contributed by atoms with Gasteiger partial charge in [-0.25, -0.2) is 4.98 Å². The number of nitrogens with zero attached hydrogens (tertiary/aromatic N) is 6. The van der Waals surface area contributed by atoms with Gasteiger partial charge in [0.2, 0.25) is 5.95 Å². The largest absolute Gasteiger partial charge is 0.349 e. The van der Waals surface area contributed by atoms with Crippen LogP contribution in [0.1, 0.15) is 5.56 Å². The quantitative estimate of drug-likeness (QED) is 0.605. The second-order valence-electron chi connectivity index (χ2n) is 5.03. The Morgan fingerprint density at radius 3 is 2.92 bits per heavy atom. The third kappa shape index (κ3) is 2.57. The summed E-state index contributed by atoms with van der Waals surface area (Å²) >= 11 is 12.3. The molecule has 0 aliphatic carbocycles. The van der Waals surface area contributed by atoms with Gasteiger partial charge in [-0.3, -0.25) is 0 Å². The molecule has 0 fully saturated rings. The Kier molecular flexibility index (Phi) is 3.79. The highest BCUT2D eigenvalue weighted by Crippen LogP contribution is 2.29. The van der Waals surface area contributed by atoms with E-state index in [0.29, 0.717) is 28.2 Å². The summed E-state index contributed by atoms with van der Waals surface area (Å²) in [6, 6.07) is 9.26. The summed E-state index contributed by atoms with van der Waals surface area (Å²) in [5.41, 5.74) is 2.51. The van der Waals surface area contributed by atoms with Crippen molar-refractivity contribution < 1.29 is 0 Å². The molecule has 0 atom stereocenters. The molecule has 0 aliphatic rings. The van der Waals surface area contributed by atoms with Crippen LogP contribution in [0.3, 0.4) is 0 Å². The highest BCUT2D eigenvalue weighted by atomic mass is 35.5. The fourth-order valence-corrected chi connectivity index (χ4v) is 2.81. The van der Waals surface area contributed by atoms with Crippen molar-refractivity contribution in [2.45, 2.75) is 6.54 Å². The molecule has 4 rings (SSSR count). The summed E-state index contributed by atoms with van der Waals surface area (Å²) in [4.78, 5) is 4.35. The Morgan fingerprint density at radius 1 is 1.08 bits per heavy atom. The Labute approximate surface area is 146 Å². The van der Waals surface area contributed by atoms with Crippen LogP contribution in [-0.4, -0.2) is 29.6 Å². The van der Waals surface area contributed by atoms with Crippen molar-refractivity contribution in [1.82, 2.24) is 29.6 Å². The molecule has 0 saturated heterocycles. The first-order valence-electron chi connectivity index (χ1n) is 7.11. The molecule has 0 aliphatic heterocycles. The number of pyridine rings is 1. The predicted molar refractivity (Wildman–Crippen MR) is 91.7 cm³/mol.